The average molecular weight is 266 g/mol. The Bertz CT molecular complexity index is 471. The molecule has 3 nitrogen and oxygen atoms in total. The minimum absolute atomic E-state index is 0.0433. The number of nitrogens with zero attached hydrogens (tertiary/aromatic N) is 1. The molecule has 1 aliphatic heterocycles. The van der Waals surface area contributed by atoms with Gasteiger partial charge in [-0.2, -0.15) is 0 Å². The van der Waals surface area contributed by atoms with E-state index in [4.69, 9.17) is 16.3 Å². The van der Waals surface area contributed by atoms with Gasteiger partial charge in [0.05, 0.1) is 6.61 Å². The average Bonchev–Trinajstić information content (AvgIpc) is 2.51. The zero-order chi connectivity index (χ0) is 13.0. The molecule has 0 radical (unpaired) electrons. The van der Waals surface area contributed by atoms with Crippen LogP contribution in [0.2, 0.25) is 5.02 Å². The molecule has 1 heterocycles. The molecule has 0 aliphatic carbocycles. The molecule has 18 heavy (non-hydrogen) atoms. The number of hydrogen-bond acceptors (Lipinski definition) is 2. The number of rotatable bonds is 3. The summed E-state index contributed by atoms with van der Waals surface area (Å²) >= 11 is 5.95. The Kier molecular flexibility index (Phi) is 4.26. The molecule has 0 saturated carbocycles. The molecule has 0 atom stereocenters. The molecule has 0 unspecified atom stereocenters. The summed E-state index contributed by atoms with van der Waals surface area (Å²) < 4.78 is 5.43. The number of halogens is 1. The molecule has 0 aromatic heterocycles. The molecule has 1 aromatic carbocycles. The molecule has 96 valence electrons. The summed E-state index contributed by atoms with van der Waals surface area (Å²) in [6, 6.07) is 7.35. The quantitative estimate of drug-likeness (QED) is 0.838. The van der Waals surface area contributed by atoms with Crippen molar-refractivity contribution < 1.29 is 9.53 Å². The van der Waals surface area contributed by atoms with Crippen LogP contribution in [0.15, 0.2) is 36.1 Å². The Morgan fingerprint density at radius 2 is 2.28 bits per heavy atom. The lowest BCUT2D eigenvalue weighted by Crippen LogP contribution is -2.29. The van der Waals surface area contributed by atoms with Crippen molar-refractivity contribution in [1.82, 2.24) is 0 Å². The second-order valence-electron chi connectivity index (χ2n) is 4.12. The Balaban J connectivity index is 2.22. The van der Waals surface area contributed by atoms with Crippen molar-refractivity contribution in [3.8, 4) is 0 Å². The number of anilines is 1. The van der Waals surface area contributed by atoms with Gasteiger partial charge in [0.15, 0.2) is 0 Å². The summed E-state index contributed by atoms with van der Waals surface area (Å²) in [4.78, 5) is 13.9. The highest BCUT2D eigenvalue weighted by molar-refractivity contribution is 6.31. The van der Waals surface area contributed by atoms with Crippen LogP contribution in [-0.4, -0.2) is 19.1 Å². The molecular formula is C14H16ClNO2. The smallest absolute Gasteiger partial charge is 0.254 e. The van der Waals surface area contributed by atoms with Gasteiger partial charge in [-0.15, -0.1) is 0 Å². The van der Waals surface area contributed by atoms with Crippen molar-refractivity contribution in [3.05, 3.63) is 41.1 Å². The molecule has 0 fully saturated rings. The largest absolute Gasteiger partial charge is 0.498 e. The van der Waals surface area contributed by atoms with Crippen LogP contribution in [-0.2, 0) is 9.53 Å². The minimum atomic E-state index is -0.0433. The van der Waals surface area contributed by atoms with E-state index in [2.05, 4.69) is 0 Å². The molecule has 1 amide bonds. The fourth-order valence-electron chi connectivity index (χ4n) is 2.01. The van der Waals surface area contributed by atoms with Crippen LogP contribution < -0.4 is 4.90 Å². The number of carbonyl (C=O) groups excluding carboxylic acids is 1. The molecule has 2 rings (SSSR count). The predicted molar refractivity (Wildman–Crippen MR) is 72.7 cm³/mol. The molecule has 0 saturated heterocycles. The van der Waals surface area contributed by atoms with Crippen LogP contribution >= 0.6 is 11.6 Å². The van der Waals surface area contributed by atoms with Gasteiger partial charge in [0.25, 0.3) is 5.91 Å². The number of hydrogen-bond donors (Lipinski definition) is 0. The van der Waals surface area contributed by atoms with Gasteiger partial charge in [-0.1, -0.05) is 17.7 Å². The van der Waals surface area contributed by atoms with Crippen LogP contribution in [0.5, 0.6) is 0 Å². The van der Waals surface area contributed by atoms with E-state index in [9.17, 15) is 4.79 Å². The fraction of sp³-hybridized carbons (Fsp3) is 0.357. The molecule has 0 spiro atoms. The van der Waals surface area contributed by atoms with Gasteiger partial charge in [-0.25, -0.2) is 0 Å². The highest BCUT2D eigenvalue weighted by Crippen LogP contribution is 2.23. The van der Waals surface area contributed by atoms with Crippen LogP contribution in [0.1, 0.15) is 19.8 Å². The zero-order valence-corrected chi connectivity index (χ0v) is 11.1. The van der Waals surface area contributed by atoms with Gasteiger partial charge >= 0.3 is 0 Å². The molecular weight excluding hydrogens is 250 g/mol. The summed E-state index contributed by atoms with van der Waals surface area (Å²) in [5.74, 6) is 0.727. The normalized spacial score (nSPS) is 16.2. The van der Waals surface area contributed by atoms with E-state index in [-0.39, 0.29) is 5.91 Å². The SMILES string of the molecule is CCOC1=CC(=O)N(c2cccc(Cl)c2)CCC1. The molecule has 1 aliphatic rings. The van der Waals surface area contributed by atoms with Gasteiger partial charge < -0.3 is 9.64 Å². The van der Waals surface area contributed by atoms with Crippen LogP contribution in [0.3, 0.4) is 0 Å². The summed E-state index contributed by atoms with van der Waals surface area (Å²) in [5, 5.41) is 0.638. The maximum atomic E-state index is 12.1. The van der Waals surface area contributed by atoms with E-state index >= 15 is 0 Å². The first kappa shape index (κ1) is 13.0. The number of carbonyl (C=O) groups is 1. The highest BCUT2D eigenvalue weighted by Gasteiger charge is 2.18. The van der Waals surface area contributed by atoms with Crippen molar-refractivity contribution >= 4 is 23.2 Å². The van der Waals surface area contributed by atoms with Crippen molar-refractivity contribution in [1.29, 1.82) is 0 Å². The van der Waals surface area contributed by atoms with E-state index in [1.807, 2.05) is 19.1 Å². The maximum Gasteiger partial charge on any atom is 0.254 e. The minimum Gasteiger partial charge on any atom is -0.498 e. The topological polar surface area (TPSA) is 29.5 Å². The third-order valence-electron chi connectivity index (χ3n) is 2.80. The fourth-order valence-corrected chi connectivity index (χ4v) is 2.19. The first-order valence-electron chi connectivity index (χ1n) is 6.11. The Morgan fingerprint density at radius 3 is 3.00 bits per heavy atom. The van der Waals surface area contributed by atoms with Gasteiger partial charge in [-0.3, -0.25) is 4.79 Å². The molecule has 1 aromatic rings. The number of benzene rings is 1. The van der Waals surface area contributed by atoms with Gasteiger partial charge in [-0.05, 0) is 31.5 Å². The number of amides is 1. The maximum absolute atomic E-state index is 12.1. The first-order valence-corrected chi connectivity index (χ1v) is 6.49. The summed E-state index contributed by atoms with van der Waals surface area (Å²) in [6.07, 6.45) is 3.28. The van der Waals surface area contributed by atoms with Crippen LogP contribution in [0, 0.1) is 0 Å². The Hall–Kier alpha value is -1.48. The molecule has 0 bridgehead atoms. The Morgan fingerprint density at radius 1 is 1.44 bits per heavy atom. The third kappa shape index (κ3) is 3.05. The van der Waals surface area contributed by atoms with Crippen molar-refractivity contribution in [2.45, 2.75) is 19.8 Å². The van der Waals surface area contributed by atoms with E-state index < -0.39 is 0 Å². The monoisotopic (exact) mass is 265 g/mol. The van der Waals surface area contributed by atoms with Crippen molar-refractivity contribution in [2.24, 2.45) is 0 Å². The summed E-state index contributed by atoms with van der Waals surface area (Å²) in [5.41, 5.74) is 0.835. The summed E-state index contributed by atoms with van der Waals surface area (Å²) in [7, 11) is 0. The summed E-state index contributed by atoms with van der Waals surface area (Å²) in [6.45, 7) is 3.20. The second-order valence-corrected chi connectivity index (χ2v) is 4.55. The van der Waals surface area contributed by atoms with Gasteiger partial charge in [0, 0.05) is 29.8 Å². The van der Waals surface area contributed by atoms with Crippen LogP contribution in [0.25, 0.3) is 0 Å². The van der Waals surface area contributed by atoms with Gasteiger partial charge in [0.1, 0.15) is 5.76 Å². The van der Waals surface area contributed by atoms with E-state index in [1.165, 1.54) is 0 Å². The standard InChI is InChI=1S/C14H16ClNO2/c1-2-18-13-7-4-8-16(14(17)10-13)12-6-3-5-11(15)9-12/h3,5-6,9-10H,2,4,7-8H2,1H3. The van der Waals surface area contributed by atoms with E-state index in [1.54, 1.807) is 23.1 Å². The lowest BCUT2D eigenvalue weighted by atomic mass is 10.2. The second kappa shape index (κ2) is 5.91. The van der Waals surface area contributed by atoms with Crippen molar-refractivity contribution in [2.75, 3.05) is 18.1 Å². The Labute approximate surface area is 112 Å². The van der Waals surface area contributed by atoms with E-state index in [0.717, 1.165) is 24.3 Å². The molecule has 0 N–H and O–H groups in total. The lowest BCUT2D eigenvalue weighted by Gasteiger charge is -2.19. The van der Waals surface area contributed by atoms with Crippen LogP contribution in [0.4, 0.5) is 5.69 Å². The molecule has 4 heteroatoms. The number of ether oxygens (including phenoxy) is 1. The van der Waals surface area contributed by atoms with Gasteiger partial charge in [0.2, 0.25) is 0 Å². The van der Waals surface area contributed by atoms with Crippen molar-refractivity contribution in [3.63, 3.8) is 0 Å². The zero-order valence-electron chi connectivity index (χ0n) is 10.4. The third-order valence-corrected chi connectivity index (χ3v) is 3.04. The highest BCUT2D eigenvalue weighted by atomic mass is 35.5. The lowest BCUT2D eigenvalue weighted by molar-refractivity contribution is -0.114. The number of allylic oxidation sites excluding steroid dienone is 1. The first-order chi connectivity index (χ1) is 8.70. The van der Waals surface area contributed by atoms with E-state index in [0.29, 0.717) is 18.2 Å². The predicted octanol–water partition coefficient (Wildman–Crippen LogP) is 3.39.